The van der Waals surface area contributed by atoms with E-state index in [0.29, 0.717) is 17.8 Å². The van der Waals surface area contributed by atoms with E-state index in [-0.39, 0.29) is 34.9 Å². The van der Waals surface area contributed by atoms with Gasteiger partial charge in [-0.05, 0) is 46.7 Å². The van der Waals surface area contributed by atoms with Gasteiger partial charge in [-0.3, -0.25) is 9.59 Å². The average Bonchev–Trinajstić information content (AvgIpc) is 2.96. The summed E-state index contributed by atoms with van der Waals surface area (Å²) < 4.78 is 6.20. The minimum Gasteiger partial charge on any atom is -0.508 e. The van der Waals surface area contributed by atoms with Crippen LogP contribution in [0.4, 0.5) is 0 Å². The number of hydrogen-bond donors (Lipinski definition) is 2. The number of ketones is 2. The number of ether oxygens (including phenoxy) is 1. The van der Waals surface area contributed by atoms with Gasteiger partial charge in [0.2, 0.25) is 0 Å². The van der Waals surface area contributed by atoms with Gasteiger partial charge in [0, 0.05) is 40.5 Å². The smallest absolute Gasteiger partial charge is 0.161 e. The first-order valence-electron chi connectivity index (χ1n) is 9.75. The van der Waals surface area contributed by atoms with E-state index < -0.39 is 17.6 Å². The second-order valence-corrected chi connectivity index (χ2v) is 8.70. The van der Waals surface area contributed by atoms with Gasteiger partial charge in [-0.15, -0.1) is 0 Å². The summed E-state index contributed by atoms with van der Waals surface area (Å²) in [5.74, 6) is 0.113. The van der Waals surface area contributed by atoms with Crippen LogP contribution in [0, 0.1) is 11.3 Å². The highest BCUT2D eigenvalue weighted by atomic mass is 16.5. The van der Waals surface area contributed by atoms with Crippen molar-refractivity contribution in [3.63, 3.8) is 0 Å². The van der Waals surface area contributed by atoms with Crippen LogP contribution < -0.4 is 0 Å². The third kappa shape index (κ3) is 1.88. The maximum absolute atomic E-state index is 12.7. The van der Waals surface area contributed by atoms with Gasteiger partial charge in [0.1, 0.15) is 18.0 Å². The van der Waals surface area contributed by atoms with Gasteiger partial charge in [-0.1, -0.05) is 5.57 Å². The van der Waals surface area contributed by atoms with Crippen molar-refractivity contribution in [1.29, 1.82) is 0 Å². The molecule has 0 aromatic heterocycles. The number of rotatable bonds is 2. The molecule has 0 aromatic carbocycles. The lowest BCUT2D eigenvalue weighted by Crippen LogP contribution is -2.64. The zero-order chi connectivity index (χ0) is 19.2. The molecule has 5 rings (SSSR count). The number of Topliss-reactive ketones (excluding diaryl/α,β-unsaturated/α-hetero) is 2. The number of nitrogens with zero attached hydrogens (tertiary/aromatic N) is 1. The van der Waals surface area contributed by atoms with Crippen molar-refractivity contribution in [2.75, 3.05) is 13.6 Å². The summed E-state index contributed by atoms with van der Waals surface area (Å²) >= 11 is 0. The van der Waals surface area contributed by atoms with Crippen LogP contribution in [-0.4, -0.2) is 58.5 Å². The van der Waals surface area contributed by atoms with E-state index in [1.165, 1.54) is 19.4 Å². The van der Waals surface area contributed by atoms with Crippen molar-refractivity contribution in [2.24, 2.45) is 11.3 Å². The Balaban J connectivity index is 1.86. The molecular weight excluding hydrogens is 346 g/mol. The number of aliphatic hydroxyl groups excluding tert-OH is 2. The Morgan fingerprint density at radius 3 is 2.56 bits per heavy atom. The molecule has 5 atom stereocenters. The monoisotopic (exact) mass is 371 g/mol. The Morgan fingerprint density at radius 2 is 1.89 bits per heavy atom. The van der Waals surface area contributed by atoms with E-state index in [2.05, 4.69) is 11.9 Å². The molecule has 0 unspecified atom stereocenters. The quantitative estimate of drug-likeness (QED) is 0.770. The Labute approximate surface area is 158 Å². The molecule has 5 aliphatic rings. The van der Waals surface area contributed by atoms with Crippen LogP contribution in [0.25, 0.3) is 0 Å². The highest BCUT2D eigenvalue weighted by molar-refractivity contribution is 6.06. The molecule has 2 heterocycles. The van der Waals surface area contributed by atoms with Crippen molar-refractivity contribution in [3.05, 3.63) is 33.8 Å². The fraction of sp³-hybridized carbons (Fsp3) is 0.619. The number of carbonyl (C=O) groups is 2. The van der Waals surface area contributed by atoms with Gasteiger partial charge in [0.05, 0.1) is 0 Å². The van der Waals surface area contributed by atoms with Crippen molar-refractivity contribution in [3.8, 4) is 0 Å². The molecule has 2 fully saturated rings. The number of hydrogen-bond acceptors (Lipinski definition) is 6. The van der Waals surface area contributed by atoms with Gasteiger partial charge >= 0.3 is 0 Å². The normalized spacial score (nSPS) is 40.1. The minimum absolute atomic E-state index is 0.101. The molecule has 1 spiro atoms. The van der Waals surface area contributed by atoms with E-state index in [9.17, 15) is 19.8 Å². The van der Waals surface area contributed by atoms with E-state index in [1.54, 1.807) is 0 Å². The second kappa shape index (κ2) is 5.32. The third-order valence-electron chi connectivity index (χ3n) is 7.51. The molecule has 2 saturated heterocycles. The van der Waals surface area contributed by atoms with E-state index in [4.69, 9.17) is 4.74 Å². The number of piperidine rings is 1. The maximum atomic E-state index is 12.7. The lowest BCUT2D eigenvalue weighted by Gasteiger charge is -2.59. The maximum Gasteiger partial charge on any atom is 0.161 e. The van der Waals surface area contributed by atoms with Crippen molar-refractivity contribution in [2.45, 2.75) is 57.8 Å². The summed E-state index contributed by atoms with van der Waals surface area (Å²) in [7, 11) is 2.07. The predicted octanol–water partition coefficient (Wildman–Crippen LogP) is 1.80. The van der Waals surface area contributed by atoms with E-state index >= 15 is 0 Å². The van der Waals surface area contributed by atoms with Gasteiger partial charge in [0.15, 0.2) is 17.3 Å². The number of likely N-dealkylation sites (tertiary alicyclic amines) is 1. The fourth-order valence-electron chi connectivity index (χ4n) is 6.55. The Bertz CT molecular complexity index is 881. The van der Waals surface area contributed by atoms with Crippen molar-refractivity contribution >= 4 is 11.6 Å². The Hall–Kier alpha value is -1.92. The average molecular weight is 371 g/mol. The SMILES string of the molecule is CC(=O)C1=C(C(C)=O)[C@H]2[C@H]3CC4=C5C(=C(O)CC4)O[C@@H]([C@@H]1O)[C@]52CCN3C. The lowest BCUT2D eigenvalue weighted by atomic mass is 9.48. The molecule has 0 amide bonds. The summed E-state index contributed by atoms with van der Waals surface area (Å²) in [5, 5.41) is 21.7. The molecule has 6 nitrogen and oxygen atoms in total. The van der Waals surface area contributed by atoms with Crippen LogP contribution >= 0.6 is 0 Å². The van der Waals surface area contributed by atoms with Crippen LogP contribution in [-0.2, 0) is 14.3 Å². The standard InChI is InChI=1S/C21H25NO5/c1-9(23)14-15(10(2)24)18(26)20-21-6-7-22(3)12(17(14)21)8-11-4-5-13(25)19(27-20)16(11)21/h12,17-18,20,25-26H,4-8H2,1-3H3/t12-,17-,18-,20+,21-/m1/s1. The van der Waals surface area contributed by atoms with Crippen LogP contribution in [0.15, 0.2) is 33.8 Å². The molecule has 6 heteroatoms. The van der Waals surface area contributed by atoms with Crippen LogP contribution in [0.1, 0.15) is 39.5 Å². The second-order valence-electron chi connectivity index (χ2n) is 8.70. The first kappa shape index (κ1) is 17.2. The van der Waals surface area contributed by atoms with Crippen LogP contribution in [0.3, 0.4) is 0 Å². The molecular formula is C21H25NO5. The zero-order valence-electron chi connectivity index (χ0n) is 15.9. The summed E-state index contributed by atoms with van der Waals surface area (Å²) in [6.45, 7) is 3.73. The van der Waals surface area contributed by atoms with Gasteiger partial charge in [0.25, 0.3) is 0 Å². The topological polar surface area (TPSA) is 87.1 Å². The fourth-order valence-corrected chi connectivity index (χ4v) is 6.55. The molecule has 2 bridgehead atoms. The molecule has 3 aliphatic carbocycles. The molecule has 27 heavy (non-hydrogen) atoms. The number of aliphatic hydroxyl groups is 2. The molecule has 0 saturated carbocycles. The highest BCUT2D eigenvalue weighted by Crippen LogP contribution is 2.67. The molecule has 2 aliphatic heterocycles. The van der Waals surface area contributed by atoms with E-state index in [0.717, 1.165) is 31.4 Å². The lowest BCUT2D eigenvalue weighted by molar-refractivity contribution is -0.127. The number of carbonyl (C=O) groups excluding carboxylic acids is 2. The molecule has 144 valence electrons. The first-order chi connectivity index (χ1) is 12.8. The molecule has 0 aromatic rings. The molecule has 2 N–H and O–H groups in total. The van der Waals surface area contributed by atoms with Crippen LogP contribution in [0.5, 0.6) is 0 Å². The minimum atomic E-state index is -1.15. The van der Waals surface area contributed by atoms with Gasteiger partial charge < -0.3 is 19.8 Å². The highest BCUT2D eigenvalue weighted by Gasteiger charge is 2.69. The van der Waals surface area contributed by atoms with Gasteiger partial charge in [-0.2, -0.15) is 0 Å². The third-order valence-corrected chi connectivity index (χ3v) is 7.51. The Morgan fingerprint density at radius 1 is 1.19 bits per heavy atom. The molecule has 0 radical (unpaired) electrons. The summed E-state index contributed by atoms with van der Waals surface area (Å²) in [5.41, 5.74) is 2.44. The Kier molecular flexibility index (Phi) is 3.39. The zero-order valence-corrected chi connectivity index (χ0v) is 15.9. The van der Waals surface area contributed by atoms with Crippen molar-refractivity contribution in [1.82, 2.24) is 4.90 Å². The van der Waals surface area contributed by atoms with E-state index in [1.807, 2.05) is 0 Å². The largest absolute Gasteiger partial charge is 0.508 e. The number of allylic oxidation sites excluding steroid dienone is 2. The van der Waals surface area contributed by atoms with Gasteiger partial charge in [-0.25, -0.2) is 0 Å². The summed E-state index contributed by atoms with van der Waals surface area (Å²) in [4.78, 5) is 27.5. The summed E-state index contributed by atoms with van der Waals surface area (Å²) in [6.07, 6.45) is 1.10. The van der Waals surface area contributed by atoms with Crippen molar-refractivity contribution < 1.29 is 24.5 Å². The predicted molar refractivity (Wildman–Crippen MR) is 96.8 cm³/mol. The first-order valence-corrected chi connectivity index (χ1v) is 9.75. The van der Waals surface area contributed by atoms with Crippen LogP contribution in [0.2, 0.25) is 0 Å². The summed E-state index contributed by atoms with van der Waals surface area (Å²) in [6, 6.07) is 0.101.